The quantitative estimate of drug-likeness (QED) is 0.662. The fourth-order valence-corrected chi connectivity index (χ4v) is 2.90. The van der Waals surface area contributed by atoms with Crippen molar-refractivity contribution < 1.29 is 9.59 Å². The zero-order chi connectivity index (χ0) is 20.3. The van der Waals surface area contributed by atoms with Crippen LogP contribution in [0.15, 0.2) is 12.4 Å². The van der Waals surface area contributed by atoms with E-state index in [1.807, 2.05) is 27.7 Å². The third kappa shape index (κ3) is 5.06. The Kier molecular flexibility index (Phi) is 6.97. The molecule has 10 heteroatoms. The molecule has 0 aromatic carbocycles. The van der Waals surface area contributed by atoms with E-state index in [0.29, 0.717) is 17.1 Å². The van der Waals surface area contributed by atoms with Crippen LogP contribution in [0.1, 0.15) is 61.3 Å². The first-order valence-electron chi connectivity index (χ1n) is 8.10. The Morgan fingerprint density at radius 2 is 1.52 bits per heavy atom. The minimum atomic E-state index is -0.766. The van der Waals surface area contributed by atoms with E-state index in [2.05, 4.69) is 25.6 Å². The van der Waals surface area contributed by atoms with Gasteiger partial charge in [-0.25, -0.2) is 19.7 Å². The van der Waals surface area contributed by atoms with Gasteiger partial charge in [-0.2, -0.15) is 0 Å². The normalized spacial score (nSPS) is 11.0. The molecule has 2 aromatic heterocycles. The molecule has 144 valence electrons. The van der Waals surface area contributed by atoms with E-state index in [1.54, 1.807) is 0 Å². The highest BCUT2D eigenvalue weighted by atomic mass is 35.5. The van der Waals surface area contributed by atoms with Gasteiger partial charge in [0, 0.05) is 0 Å². The zero-order valence-electron chi connectivity index (χ0n) is 15.1. The van der Waals surface area contributed by atoms with Crippen molar-refractivity contribution in [1.29, 1.82) is 0 Å². The summed E-state index contributed by atoms with van der Waals surface area (Å²) in [6, 6.07) is 0.493. The Morgan fingerprint density at radius 3 is 2.04 bits per heavy atom. The van der Waals surface area contributed by atoms with Crippen LogP contribution in [0.3, 0.4) is 0 Å². The number of nitrogens with one attached hydrogen (secondary N) is 2. The lowest BCUT2D eigenvalue weighted by Gasteiger charge is -2.18. The highest BCUT2D eigenvalue weighted by Crippen LogP contribution is 2.29. The number of carbonyl (C=O) groups is 2. The van der Waals surface area contributed by atoms with E-state index in [-0.39, 0.29) is 32.7 Å². The SMILES string of the molecule is CC(C)c1ncnc(C(C)C)c1NC(=O)NC(=O)c1cc(Cl)c(Cl)nc1Cl. The maximum absolute atomic E-state index is 12.4. The number of hydrogen-bond acceptors (Lipinski definition) is 5. The minimum Gasteiger partial charge on any atom is -0.304 e. The van der Waals surface area contributed by atoms with Crippen LogP contribution in [0, 0.1) is 0 Å². The average Bonchev–Trinajstić information content (AvgIpc) is 2.57. The monoisotopic (exact) mass is 429 g/mol. The van der Waals surface area contributed by atoms with Gasteiger partial charge in [-0.15, -0.1) is 0 Å². The number of amides is 3. The molecule has 0 bridgehead atoms. The molecule has 0 aliphatic heterocycles. The van der Waals surface area contributed by atoms with Crippen LogP contribution < -0.4 is 10.6 Å². The van der Waals surface area contributed by atoms with Gasteiger partial charge in [-0.1, -0.05) is 62.5 Å². The molecule has 2 aromatic rings. The van der Waals surface area contributed by atoms with Crippen LogP contribution >= 0.6 is 34.8 Å². The van der Waals surface area contributed by atoms with Crippen molar-refractivity contribution in [1.82, 2.24) is 20.3 Å². The van der Waals surface area contributed by atoms with Crippen LogP contribution in [0.2, 0.25) is 15.3 Å². The summed E-state index contributed by atoms with van der Waals surface area (Å²) >= 11 is 17.5. The van der Waals surface area contributed by atoms with Crippen molar-refractivity contribution in [3.63, 3.8) is 0 Å². The van der Waals surface area contributed by atoms with Gasteiger partial charge in [0.05, 0.1) is 27.7 Å². The summed E-state index contributed by atoms with van der Waals surface area (Å²) in [4.78, 5) is 37.0. The Bertz CT molecular complexity index is 861. The first kappa shape index (κ1) is 21.3. The van der Waals surface area contributed by atoms with Crippen molar-refractivity contribution in [3.8, 4) is 0 Å². The number of anilines is 1. The molecule has 0 spiro atoms. The van der Waals surface area contributed by atoms with Crippen LogP contribution in [0.4, 0.5) is 10.5 Å². The van der Waals surface area contributed by atoms with Crippen LogP contribution in [-0.2, 0) is 0 Å². The number of hydrogen-bond donors (Lipinski definition) is 2. The second-order valence-corrected chi connectivity index (χ2v) is 7.46. The fourth-order valence-electron chi connectivity index (χ4n) is 2.34. The van der Waals surface area contributed by atoms with Crippen molar-refractivity contribution in [2.45, 2.75) is 39.5 Å². The summed E-state index contributed by atoms with van der Waals surface area (Å²) in [5, 5.41) is 4.71. The Hall–Kier alpha value is -1.96. The Labute approximate surface area is 171 Å². The van der Waals surface area contributed by atoms with E-state index in [1.165, 1.54) is 12.4 Å². The van der Waals surface area contributed by atoms with E-state index in [0.717, 1.165) is 0 Å². The number of nitrogens with zero attached hydrogens (tertiary/aromatic N) is 3. The molecule has 0 fully saturated rings. The molecular formula is C17H18Cl3N5O2. The van der Waals surface area contributed by atoms with Gasteiger partial charge in [0.1, 0.15) is 16.6 Å². The molecule has 0 atom stereocenters. The Balaban J connectivity index is 2.26. The smallest absolute Gasteiger partial charge is 0.304 e. The first-order valence-corrected chi connectivity index (χ1v) is 9.23. The minimum absolute atomic E-state index is 0.0350. The average molecular weight is 431 g/mol. The maximum Gasteiger partial charge on any atom is 0.326 e. The highest BCUT2D eigenvalue weighted by Gasteiger charge is 2.21. The second kappa shape index (κ2) is 8.82. The maximum atomic E-state index is 12.4. The molecule has 0 aliphatic rings. The van der Waals surface area contributed by atoms with E-state index >= 15 is 0 Å². The number of rotatable bonds is 4. The van der Waals surface area contributed by atoms with Gasteiger partial charge >= 0.3 is 6.03 Å². The number of aromatic nitrogens is 3. The molecule has 3 amide bonds. The highest BCUT2D eigenvalue weighted by molar-refractivity contribution is 6.42. The van der Waals surface area contributed by atoms with Gasteiger partial charge < -0.3 is 5.32 Å². The zero-order valence-corrected chi connectivity index (χ0v) is 17.4. The Morgan fingerprint density at radius 1 is 0.963 bits per heavy atom. The molecule has 2 heterocycles. The second-order valence-electron chi connectivity index (χ2n) is 6.34. The summed E-state index contributed by atoms with van der Waals surface area (Å²) in [5.41, 5.74) is 1.75. The van der Waals surface area contributed by atoms with E-state index < -0.39 is 11.9 Å². The molecule has 0 saturated heterocycles. The van der Waals surface area contributed by atoms with Gasteiger partial charge in [0.25, 0.3) is 5.91 Å². The molecule has 0 unspecified atom stereocenters. The van der Waals surface area contributed by atoms with Gasteiger partial charge in [0.15, 0.2) is 0 Å². The lowest BCUT2D eigenvalue weighted by molar-refractivity contribution is 0.0967. The van der Waals surface area contributed by atoms with Crippen LogP contribution in [0.5, 0.6) is 0 Å². The molecule has 2 rings (SSSR count). The largest absolute Gasteiger partial charge is 0.326 e. The molecule has 0 radical (unpaired) electrons. The van der Waals surface area contributed by atoms with Crippen molar-refractivity contribution in [2.75, 3.05) is 5.32 Å². The predicted octanol–water partition coefficient (Wildman–Crippen LogP) is 5.04. The van der Waals surface area contributed by atoms with Crippen LogP contribution in [-0.4, -0.2) is 26.9 Å². The first-order chi connectivity index (χ1) is 12.6. The summed E-state index contributed by atoms with van der Waals surface area (Å²) in [6.45, 7) is 7.79. The molecule has 27 heavy (non-hydrogen) atoms. The molecular weight excluding hydrogens is 413 g/mol. The number of imide groups is 1. The summed E-state index contributed by atoms with van der Waals surface area (Å²) in [5.74, 6) is -0.673. The summed E-state index contributed by atoms with van der Waals surface area (Å²) in [7, 11) is 0. The third-order valence-corrected chi connectivity index (χ3v) is 4.56. The molecule has 2 N–H and O–H groups in total. The number of halogens is 3. The summed E-state index contributed by atoms with van der Waals surface area (Å²) < 4.78 is 0. The van der Waals surface area contributed by atoms with E-state index in [4.69, 9.17) is 34.8 Å². The lowest BCUT2D eigenvalue weighted by atomic mass is 10.0. The fraction of sp³-hybridized carbons (Fsp3) is 0.353. The number of urea groups is 1. The van der Waals surface area contributed by atoms with E-state index in [9.17, 15) is 9.59 Å². The van der Waals surface area contributed by atoms with Crippen molar-refractivity contribution in [2.24, 2.45) is 0 Å². The lowest BCUT2D eigenvalue weighted by Crippen LogP contribution is -2.35. The number of carbonyl (C=O) groups excluding carboxylic acids is 2. The van der Waals surface area contributed by atoms with Gasteiger partial charge in [-0.3, -0.25) is 10.1 Å². The molecule has 7 nitrogen and oxygen atoms in total. The predicted molar refractivity (Wildman–Crippen MR) is 106 cm³/mol. The number of pyridine rings is 1. The standard InChI is InChI=1S/C17H18Cl3N5O2/c1-7(2)11-13(12(8(3)4)22-6-21-11)23-17(27)25-16(26)9-5-10(18)15(20)24-14(9)19/h5-8H,1-4H3,(H2,23,25,26,27). The van der Waals surface area contributed by atoms with Crippen LogP contribution in [0.25, 0.3) is 0 Å². The molecule has 0 aliphatic carbocycles. The van der Waals surface area contributed by atoms with Gasteiger partial charge in [-0.05, 0) is 17.9 Å². The van der Waals surface area contributed by atoms with Crippen molar-refractivity contribution in [3.05, 3.63) is 44.7 Å². The topological polar surface area (TPSA) is 96.9 Å². The van der Waals surface area contributed by atoms with Gasteiger partial charge in [0.2, 0.25) is 0 Å². The summed E-state index contributed by atoms with van der Waals surface area (Å²) in [6.07, 6.45) is 1.46. The molecule has 0 saturated carbocycles. The van der Waals surface area contributed by atoms with Crippen molar-refractivity contribution >= 4 is 52.4 Å². The third-order valence-electron chi connectivity index (χ3n) is 3.60.